The smallest absolute Gasteiger partial charge is 0.372 e. The van der Waals surface area contributed by atoms with Gasteiger partial charge in [-0.15, -0.1) is 12.4 Å². The van der Waals surface area contributed by atoms with Gasteiger partial charge in [0.1, 0.15) is 5.56 Å². The minimum Gasteiger partial charge on any atom is -0.461 e. The highest BCUT2D eigenvalue weighted by Crippen LogP contribution is 2.10. The highest BCUT2D eigenvalue weighted by atomic mass is 35.5. The number of carbonyl (C=O) groups is 2. The van der Waals surface area contributed by atoms with E-state index in [-0.39, 0.29) is 24.9 Å². The monoisotopic (exact) mass is 385 g/mol. The Bertz CT molecular complexity index is 524. The summed E-state index contributed by atoms with van der Waals surface area (Å²) in [6.45, 7) is 2.80. The molecule has 0 atom stereocenters. The van der Waals surface area contributed by atoms with Gasteiger partial charge in [0.2, 0.25) is 6.54 Å². The van der Waals surface area contributed by atoms with Crippen LogP contribution in [-0.2, 0) is 16.1 Å². The number of aromatic nitrogens is 1. The molecule has 5 nitrogen and oxygen atoms in total. The summed E-state index contributed by atoms with van der Waals surface area (Å²) in [4.78, 5) is 22.9. The van der Waals surface area contributed by atoms with E-state index in [4.69, 9.17) is 10.5 Å². The van der Waals surface area contributed by atoms with Gasteiger partial charge in [-0.25, -0.2) is 4.79 Å². The lowest BCUT2D eigenvalue weighted by atomic mass is 10.1. The number of rotatable bonds is 14. The number of primary amides is 1. The molecule has 1 rings (SSSR count). The van der Waals surface area contributed by atoms with Crippen molar-refractivity contribution in [3.8, 4) is 0 Å². The molecule has 148 valence electrons. The van der Waals surface area contributed by atoms with Gasteiger partial charge in [0, 0.05) is 6.07 Å². The first-order valence-corrected chi connectivity index (χ1v) is 9.58. The second kappa shape index (κ2) is 15.6. The van der Waals surface area contributed by atoms with E-state index >= 15 is 0 Å². The predicted molar refractivity (Wildman–Crippen MR) is 105 cm³/mol. The van der Waals surface area contributed by atoms with Crippen LogP contribution in [0.15, 0.2) is 24.5 Å². The third-order valence-electron chi connectivity index (χ3n) is 4.22. The van der Waals surface area contributed by atoms with Gasteiger partial charge < -0.3 is 10.5 Å². The first kappa shape index (κ1) is 24.4. The van der Waals surface area contributed by atoms with Gasteiger partial charge in [-0.05, 0) is 12.5 Å². The Kier molecular flexibility index (Phi) is 14.6. The molecule has 1 aromatic heterocycles. The van der Waals surface area contributed by atoms with E-state index in [9.17, 15) is 9.59 Å². The van der Waals surface area contributed by atoms with Gasteiger partial charge in [-0.2, -0.15) is 4.57 Å². The number of pyridine rings is 1. The van der Waals surface area contributed by atoms with E-state index in [0.717, 1.165) is 12.8 Å². The summed E-state index contributed by atoms with van der Waals surface area (Å²) < 4.78 is 6.85. The van der Waals surface area contributed by atoms with Crippen molar-refractivity contribution < 1.29 is 18.9 Å². The Morgan fingerprint density at radius 1 is 1.00 bits per heavy atom. The van der Waals surface area contributed by atoms with Crippen molar-refractivity contribution in [2.75, 3.05) is 6.61 Å². The van der Waals surface area contributed by atoms with Crippen LogP contribution in [0.4, 0.5) is 0 Å². The van der Waals surface area contributed by atoms with Crippen LogP contribution < -0.4 is 10.3 Å². The fraction of sp³-hybridized carbons (Fsp3) is 0.650. The number of nitrogens with two attached hydrogens (primary N) is 1. The maximum Gasteiger partial charge on any atom is 0.372 e. The zero-order valence-electron chi connectivity index (χ0n) is 16.0. The number of hydrogen-bond donors (Lipinski definition) is 1. The summed E-state index contributed by atoms with van der Waals surface area (Å²) >= 11 is 0. The largest absolute Gasteiger partial charge is 0.461 e. The van der Waals surface area contributed by atoms with Crippen molar-refractivity contribution in [3.63, 3.8) is 0 Å². The van der Waals surface area contributed by atoms with Crippen LogP contribution in [-0.4, -0.2) is 18.5 Å². The second-order valence-electron chi connectivity index (χ2n) is 6.53. The van der Waals surface area contributed by atoms with Crippen LogP contribution in [0.3, 0.4) is 0 Å². The van der Waals surface area contributed by atoms with Crippen molar-refractivity contribution in [1.29, 1.82) is 0 Å². The Balaban J connectivity index is 0.00000625. The minimum atomic E-state index is -0.506. The first-order valence-electron chi connectivity index (χ1n) is 9.58. The van der Waals surface area contributed by atoms with Gasteiger partial charge in [0.25, 0.3) is 5.91 Å². The molecule has 0 unspecified atom stereocenters. The van der Waals surface area contributed by atoms with E-state index in [2.05, 4.69) is 6.92 Å². The van der Waals surface area contributed by atoms with Crippen LogP contribution in [0.5, 0.6) is 0 Å². The van der Waals surface area contributed by atoms with Crippen LogP contribution >= 0.6 is 12.4 Å². The normalized spacial score (nSPS) is 10.2. The molecule has 0 aromatic carbocycles. The molecule has 6 heteroatoms. The van der Waals surface area contributed by atoms with Crippen molar-refractivity contribution in [2.45, 2.75) is 77.7 Å². The number of hydrogen-bond acceptors (Lipinski definition) is 3. The topological polar surface area (TPSA) is 73.3 Å². The molecule has 0 saturated heterocycles. The molecule has 1 amide bonds. The number of nitrogens with zero attached hydrogens (tertiary/aromatic N) is 1. The molecule has 0 spiro atoms. The quantitative estimate of drug-likeness (QED) is 0.299. The molecule has 0 fully saturated rings. The highest BCUT2D eigenvalue weighted by molar-refractivity contribution is 5.92. The Morgan fingerprint density at radius 3 is 2.15 bits per heavy atom. The zero-order chi connectivity index (χ0) is 18.3. The average molecular weight is 386 g/mol. The Hall–Kier alpha value is -1.62. The van der Waals surface area contributed by atoms with Gasteiger partial charge >= 0.3 is 5.97 Å². The lowest BCUT2D eigenvalue weighted by Crippen LogP contribution is -2.39. The van der Waals surface area contributed by atoms with Gasteiger partial charge in [-0.3, -0.25) is 4.79 Å². The predicted octanol–water partition coefficient (Wildman–Crippen LogP) is 3.96. The summed E-state index contributed by atoms with van der Waals surface area (Å²) in [5.74, 6) is -0.796. The summed E-state index contributed by atoms with van der Waals surface area (Å²) in [5, 5.41) is 0. The summed E-state index contributed by atoms with van der Waals surface area (Å²) in [5.41, 5.74) is 5.60. The average Bonchev–Trinajstić information content (AvgIpc) is 2.60. The maximum atomic E-state index is 11.8. The molecule has 0 aliphatic rings. The SMILES string of the molecule is CCCCCCCCCCCCOC(=O)C[n+]1cccc(C(N)=O)c1.Cl. The van der Waals surface area contributed by atoms with E-state index in [0.29, 0.717) is 12.2 Å². The number of unbranched alkanes of at least 4 members (excludes halogenated alkanes) is 9. The van der Waals surface area contributed by atoms with Gasteiger partial charge in [0.15, 0.2) is 12.4 Å². The van der Waals surface area contributed by atoms with Crippen LogP contribution in [0.2, 0.25) is 0 Å². The van der Waals surface area contributed by atoms with E-state index in [1.165, 1.54) is 51.4 Å². The molecular formula is C20H34ClN2O3+. The molecule has 0 radical (unpaired) electrons. The highest BCUT2D eigenvalue weighted by Gasteiger charge is 2.12. The van der Waals surface area contributed by atoms with Crippen molar-refractivity contribution in [3.05, 3.63) is 30.1 Å². The van der Waals surface area contributed by atoms with Gasteiger partial charge in [-0.1, -0.05) is 64.7 Å². The summed E-state index contributed by atoms with van der Waals surface area (Å²) in [6, 6.07) is 3.31. The Morgan fingerprint density at radius 2 is 1.58 bits per heavy atom. The zero-order valence-corrected chi connectivity index (χ0v) is 16.8. The van der Waals surface area contributed by atoms with Crippen LogP contribution in [0, 0.1) is 0 Å². The number of amides is 1. The molecule has 1 aromatic rings. The van der Waals surface area contributed by atoms with E-state index in [1.807, 2.05) is 0 Å². The lowest BCUT2D eigenvalue weighted by molar-refractivity contribution is -0.686. The Labute approximate surface area is 163 Å². The number of esters is 1. The third-order valence-corrected chi connectivity index (χ3v) is 4.22. The minimum absolute atomic E-state index is 0. The van der Waals surface area contributed by atoms with Crippen molar-refractivity contribution in [2.24, 2.45) is 5.73 Å². The van der Waals surface area contributed by atoms with Crippen LogP contribution in [0.1, 0.15) is 81.5 Å². The van der Waals surface area contributed by atoms with Crippen molar-refractivity contribution >= 4 is 24.3 Å². The number of halogens is 1. The molecular weight excluding hydrogens is 352 g/mol. The lowest BCUT2D eigenvalue weighted by Gasteiger charge is -2.04. The fourth-order valence-electron chi connectivity index (χ4n) is 2.74. The number of ether oxygens (including phenoxy) is 1. The molecule has 0 aliphatic heterocycles. The molecule has 0 saturated carbocycles. The van der Waals surface area contributed by atoms with Crippen LogP contribution in [0.25, 0.3) is 0 Å². The second-order valence-corrected chi connectivity index (χ2v) is 6.53. The third kappa shape index (κ3) is 11.9. The standard InChI is InChI=1S/C20H32N2O3.ClH/c1-2-3-4-5-6-7-8-9-10-11-15-25-19(23)17-22-14-12-13-18(16-22)20(21)24;/h12-14,16H,2-11,15,17H2,1H3,(H-,21,24);1H/p+1. The molecule has 26 heavy (non-hydrogen) atoms. The molecule has 0 aliphatic carbocycles. The summed E-state index contributed by atoms with van der Waals surface area (Å²) in [7, 11) is 0. The van der Waals surface area contributed by atoms with Crippen molar-refractivity contribution in [1.82, 2.24) is 0 Å². The first-order chi connectivity index (χ1) is 12.1. The maximum absolute atomic E-state index is 11.8. The molecule has 1 heterocycles. The fourth-order valence-corrected chi connectivity index (χ4v) is 2.74. The van der Waals surface area contributed by atoms with E-state index in [1.54, 1.807) is 29.1 Å². The molecule has 2 N–H and O–H groups in total. The number of carbonyl (C=O) groups excluding carboxylic acids is 2. The van der Waals surface area contributed by atoms with Gasteiger partial charge in [0.05, 0.1) is 6.61 Å². The van der Waals surface area contributed by atoms with E-state index < -0.39 is 5.91 Å². The summed E-state index contributed by atoms with van der Waals surface area (Å²) in [6.07, 6.45) is 15.8. The molecule has 0 bridgehead atoms.